The molecule has 8 nitrogen and oxygen atoms in total. The molecule has 0 saturated heterocycles. The van der Waals surface area contributed by atoms with Gasteiger partial charge in [-0.3, -0.25) is 9.59 Å². The molecule has 0 aliphatic rings. The van der Waals surface area contributed by atoms with Crippen molar-refractivity contribution >= 4 is 40.4 Å². The lowest BCUT2D eigenvalue weighted by Crippen LogP contribution is -2.36. The monoisotopic (exact) mass is 475 g/mol. The number of ether oxygens (including phenoxy) is 1. The van der Waals surface area contributed by atoms with Crippen molar-refractivity contribution < 1.29 is 19.4 Å². The lowest BCUT2D eigenvalue weighted by molar-refractivity contribution is -0.143. The highest BCUT2D eigenvalue weighted by Crippen LogP contribution is 2.36. The number of carbonyl (C=O) groups is 2. The van der Waals surface area contributed by atoms with Crippen molar-refractivity contribution in [1.29, 1.82) is 0 Å². The Labute approximate surface area is 193 Å². The zero-order valence-electron chi connectivity index (χ0n) is 18.2. The van der Waals surface area contributed by atoms with Crippen LogP contribution in [0.5, 0.6) is 5.75 Å². The highest BCUT2D eigenvalue weighted by molar-refractivity contribution is 7.16. The summed E-state index contributed by atoms with van der Waals surface area (Å²) in [6.45, 7) is 5.64. The van der Waals surface area contributed by atoms with E-state index in [0.29, 0.717) is 5.69 Å². The summed E-state index contributed by atoms with van der Waals surface area (Å²) in [6, 6.07) is 3.83. The van der Waals surface area contributed by atoms with Gasteiger partial charge in [-0.05, 0) is 49.2 Å². The van der Waals surface area contributed by atoms with Crippen LogP contribution < -0.4 is 16.2 Å². The summed E-state index contributed by atoms with van der Waals surface area (Å²) in [5, 5.41) is 19.4. The molecule has 2 amide bonds. The maximum absolute atomic E-state index is 12.7. The van der Waals surface area contributed by atoms with E-state index in [2.05, 4.69) is 21.4 Å². The number of rotatable bonds is 7. The second kappa shape index (κ2) is 10.0. The number of aryl methyl sites for hydroxylation is 2. The van der Waals surface area contributed by atoms with Gasteiger partial charge in [0.15, 0.2) is 5.69 Å². The summed E-state index contributed by atoms with van der Waals surface area (Å²) < 4.78 is 6.38. The summed E-state index contributed by atoms with van der Waals surface area (Å²) >= 11 is 3.08. The number of hydrogen-bond donors (Lipinski definition) is 3. The van der Waals surface area contributed by atoms with E-state index in [-0.39, 0.29) is 24.5 Å². The third-order valence-electron chi connectivity index (χ3n) is 4.96. The Morgan fingerprint density at radius 2 is 2.00 bits per heavy atom. The van der Waals surface area contributed by atoms with E-state index < -0.39 is 23.6 Å². The number of anilines is 1. The molecule has 3 N–H and O–H groups in total. The van der Waals surface area contributed by atoms with Gasteiger partial charge in [0.25, 0.3) is 5.56 Å². The van der Waals surface area contributed by atoms with Gasteiger partial charge in [-0.25, -0.2) is 4.79 Å². The zero-order valence-corrected chi connectivity index (χ0v) is 19.9. The lowest BCUT2D eigenvalue weighted by atomic mass is 10.1. The number of esters is 1. The predicted octanol–water partition coefficient (Wildman–Crippen LogP) is 4.31. The van der Waals surface area contributed by atoms with Crippen molar-refractivity contribution in [2.24, 2.45) is 7.05 Å². The fraction of sp³-hybridized carbons (Fsp3) is 0.318. The van der Waals surface area contributed by atoms with E-state index in [0.717, 1.165) is 20.9 Å². The quantitative estimate of drug-likeness (QED) is 0.441. The molecule has 0 spiro atoms. The Morgan fingerprint density at radius 3 is 2.66 bits per heavy atom. The molecule has 3 aromatic rings. The topological polar surface area (TPSA) is 110 Å². The number of nitrogens with one attached hydrogen (secondary N) is 2. The van der Waals surface area contributed by atoms with Gasteiger partial charge in [-0.1, -0.05) is 0 Å². The van der Waals surface area contributed by atoms with E-state index in [4.69, 9.17) is 4.74 Å². The van der Waals surface area contributed by atoms with Gasteiger partial charge in [-0.15, -0.1) is 11.3 Å². The van der Waals surface area contributed by atoms with Gasteiger partial charge < -0.3 is 25.0 Å². The molecule has 32 heavy (non-hydrogen) atoms. The fourth-order valence-electron chi connectivity index (χ4n) is 3.14. The minimum atomic E-state index is -0.711. The van der Waals surface area contributed by atoms with Gasteiger partial charge in [0.2, 0.25) is 0 Å². The first-order chi connectivity index (χ1) is 15.2. The van der Waals surface area contributed by atoms with Gasteiger partial charge in [0.1, 0.15) is 5.75 Å². The number of amides is 2. The smallest absolute Gasteiger partial charge is 0.320 e. The molecule has 0 unspecified atom stereocenters. The van der Waals surface area contributed by atoms with Crippen LogP contribution in [-0.4, -0.2) is 28.3 Å². The van der Waals surface area contributed by atoms with Crippen LogP contribution in [0.1, 0.15) is 35.5 Å². The van der Waals surface area contributed by atoms with Gasteiger partial charge >= 0.3 is 12.0 Å². The van der Waals surface area contributed by atoms with Crippen molar-refractivity contribution in [3.63, 3.8) is 0 Å². The SMILES string of the molecule is CCOC(=O)C[C@H](NC(=O)Nc1c(O)cc(C)n(C)c1=O)c1ccc(-c2cscc2C)s1. The van der Waals surface area contributed by atoms with Crippen LogP contribution in [0.3, 0.4) is 0 Å². The maximum Gasteiger partial charge on any atom is 0.320 e. The van der Waals surface area contributed by atoms with Crippen LogP contribution in [0.15, 0.2) is 33.8 Å². The van der Waals surface area contributed by atoms with Crippen LogP contribution in [0.2, 0.25) is 0 Å². The van der Waals surface area contributed by atoms with Crippen molar-refractivity contribution in [2.45, 2.75) is 33.2 Å². The van der Waals surface area contributed by atoms with E-state index in [1.165, 1.54) is 22.0 Å². The first-order valence-corrected chi connectivity index (χ1v) is 11.7. The molecular weight excluding hydrogens is 450 g/mol. The fourth-order valence-corrected chi connectivity index (χ4v) is 5.20. The van der Waals surface area contributed by atoms with Gasteiger partial charge in [0.05, 0.1) is 19.1 Å². The van der Waals surface area contributed by atoms with Crippen molar-refractivity contribution in [3.05, 3.63) is 55.4 Å². The highest BCUT2D eigenvalue weighted by Gasteiger charge is 2.23. The standard InChI is InChI=1S/C22H25N3O5S2/c1-5-30-19(27)9-15(18-7-6-17(32-18)14-11-31-10-12(14)2)23-22(29)24-20-16(26)8-13(3)25(4)21(20)28/h6-8,10-11,15,26H,5,9H2,1-4H3,(H2,23,24,29)/t15-/m0/s1. The first kappa shape index (κ1) is 23.6. The molecule has 3 rings (SSSR count). The van der Waals surface area contributed by atoms with E-state index in [1.807, 2.05) is 19.1 Å². The Bertz CT molecular complexity index is 1190. The van der Waals surface area contributed by atoms with E-state index >= 15 is 0 Å². The Morgan fingerprint density at radius 1 is 1.25 bits per heavy atom. The third-order valence-corrected chi connectivity index (χ3v) is 7.05. The Balaban J connectivity index is 1.84. The lowest BCUT2D eigenvalue weighted by Gasteiger charge is -2.18. The molecule has 170 valence electrons. The summed E-state index contributed by atoms with van der Waals surface area (Å²) in [5.41, 5.74) is 2.05. The van der Waals surface area contributed by atoms with Crippen molar-refractivity contribution in [2.75, 3.05) is 11.9 Å². The molecule has 0 bridgehead atoms. The number of pyridine rings is 1. The van der Waals surface area contributed by atoms with Crippen LogP contribution >= 0.6 is 22.7 Å². The van der Waals surface area contributed by atoms with Crippen LogP contribution in [0.4, 0.5) is 10.5 Å². The normalized spacial score (nSPS) is 11.8. The molecule has 0 aromatic carbocycles. The van der Waals surface area contributed by atoms with Crippen molar-refractivity contribution in [1.82, 2.24) is 9.88 Å². The molecule has 0 saturated carbocycles. The predicted molar refractivity (Wildman–Crippen MR) is 127 cm³/mol. The molecule has 0 radical (unpaired) electrons. The molecule has 1 atom stereocenters. The second-order valence-electron chi connectivity index (χ2n) is 7.24. The number of carbonyl (C=O) groups excluding carboxylic acids is 2. The van der Waals surface area contributed by atoms with Gasteiger partial charge in [0, 0.05) is 34.1 Å². The minimum absolute atomic E-state index is 0.0677. The number of aromatic hydroxyl groups is 1. The minimum Gasteiger partial charge on any atom is -0.505 e. The Hall–Kier alpha value is -3.11. The van der Waals surface area contributed by atoms with E-state index in [9.17, 15) is 19.5 Å². The second-order valence-corrected chi connectivity index (χ2v) is 9.10. The largest absolute Gasteiger partial charge is 0.505 e. The number of urea groups is 1. The average Bonchev–Trinajstić information content (AvgIpc) is 3.38. The maximum atomic E-state index is 12.7. The van der Waals surface area contributed by atoms with E-state index in [1.54, 1.807) is 32.2 Å². The molecule has 0 aliphatic carbocycles. The number of hydrogen-bond acceptors (Lipinski definition) is 7. The summed E-state index contributed by atoms with van der Waals surface area (Å²) in [5.74, 6) is -0.775. The average molecular weight is 476 g/mol. The summed E-state index contributed by atoms with van der Waals surface area (Å²) in [7, 11) is 1.54. The molecule has 0 aliphatic heterocycles. The molecular formula is C22H25N3O5S2. The van der Waals surface area contributed by atoms with Crippen molar-refractivity contribution in [3.8, 4) is 16.2 Å². The first-order valence-electron chi connectivity index (χ1n) is 9.96. The number of thiophene rings is 2. The summed E-state index contributed by atoms with van der Waals surface area (Å²) in [6.07, 6.45) is -0.0677. The van der Waals surface area contributed by atoms with Crippen LogP contribution in [-0.2, 0) is 16.6 Å². The molecule has 3 aromatic heterocycles. The van der Waals surface area contributed by atoms with Crippen LogP contribution in [0.25, 0.3) is 10.4 Å². The number of aromatic nitrogens is 1. The van der Waals surface area contributed by atoms with Gasteiger partial charge in [-0.2, -0.15) is 11.3 Å². The molecule has 3 heterocycles. The molecule has 0 fully saturated rings. The van der Waals surface area contributed by atoms with Crippen LogP contribution in [0, 0.1) is 13.8 Å². The Kier molecular flexibility index (Phi) is 7.37. The third kappa shape index (κ3) is 5.20. The summed E-state index contributed by atoms with van der Waals surface area (Å²) in [4.78, 5) is 39.1. The highest BCUT2D eigenvalue weighted by atomic mass is 32.1. The number of nitrogens with zero attached hydrogens (tertiary/aromatic N) is 1. The zero-order chi connectivity index (χ0) is 23.4. The molecule has 10 heteroatoms.